The summed E-state index contributed by atoms with van der Waals surface area (Å²) in [5.41, 5.74) is 15.3. The molecule has 8 N–H and O–H groups in total. The molecule has 3 rings (SSSR count). The number of nitrogens with two attached hydrogens (primary N) is 3. The van der Waals surface area contributed by atoms with Crippen molar-refractivity contribution in [1.29, 1.82) is 0 Å². The van der Waals surface area contributed by atoms with Gasteiger partial charge in [0.15, 0.2) is 5.82 Å². The van der Waals surface area contributed by atoms with Gasteiger partial charge in [0.05, 0.1) is 12.6 Å². The first kappa shape index (κ1) is 20.0. The van der Waals surface area contributed by atoms with Crippen LogP contribution in [0.15, 0.2) is 24.3 Å². The predicted molar refractivity (Wildman–Crippen MR) is 108 cm³/mol. The lowest BCUT2D eigenvalue weighted by molar-refractivity contribution is 0.0677. The first-order chi connectivity index (χ1) is 13.4. The number of nitrogen functional groups attached to an aromatic ring is 3. The average Bonchev–Trinajstić information content (AvgIpc) is 3.17. The highest BCUT2D eigenvalue weighted by atomic mass is 35.5. The van der Waals surface area contributed by atoms with Crippen LogP contribution in [0, 0.1) is 0 Å². The highest BCUT2D eigenvalue weighted by Gasteiger charge is 2.29. The van der Waals surface area contributed by atoms with Crippen LogP contribution in [0.3, 0.4) is 0 Å². The molecule has 1 atom stereocenters. The number of nitrogens with one attached hydrogen (secondary N) is 1. The third kappa shape index (κ3) is 4.06. The molecule has 1 aromatic carbocycles. The van der Waals surface area contributed by atoms with Crippen LogP contribution < -0.4 is 27.5 Å². The van der Waals surface area contributed by atoms with E-state index in [1.165, 1.54) is 6.07 Å². The maximum Gasteiger partial charge on any atom is 0.254 e. The van der Waals surface area contributed by atoms with Crippen LogP contribution in [0.5, 0.6) is 5.75 Å². The van der Waals surface area contributed by atoms with E-state index < -0.39 is 0 Å². The van der Waals surface area contributed by atoms with Gasteiger partial charge in [-0.05, 0) is 31.0 Å². The summed E-state index contributed by atoms with van der Waals surface area (Å²) in [5, 5.41) is 9.91. The molecule has 1 amide bonds. The number of carbonyl (C=O) groups excluding carboxylic acids is 1. The number of amides is 1. The highest BCUT2D eigenvalue weighted by Crippen LogP contribution is 2.31. The second-order valence-electron chi connectivity index (χ2n) is 6.52. The van der Waals surface area contributed by atoms with Crippen molar-refractivity contribution in [1.82, 2.24) is 9.88 Å². The minimum Gasteiger partial charge on any atom is -0.486 e. The SMILES string of the molecule is NNc1nc(N)cc(OCc2cc(C(=O)N3CCC[C@H]3CO)ccc2Cl)c1N. The number of benzene rings is 1. The van der Waals surface area contributed by atoms with Gasteiger partial charge in [0.25, 0.3) is 5.91 Å². The van der Waals surface area contributed by atoms with Crippen molar-refractivity contribution in [3.63, 3.8) is 0 Å². The normalized spacial score (nSPS) is 16.2. The van der Waals surface area contributed by atoms with E-state index in [4.69, 9.17) is 33.6 Å². The van der Waals surface area contributed by atoms with E-state index in [0.29, 0.717) is 28.4 Å². The molecular weight excluding hydrogens is 384 g/mol. The van der Waals surface area contributed by atoms with Crippen LogP contribution in [0.2, 0.25) is 5.02 Å². The van der Waals surface area contributed by atoms with Crippen LogP contribution in [0.1, 0.15) is 28.8 Å². The molecule has 2 aromatic rings. The zero-order valence-corrected chi connectivity index (χ0v) is 15.9. The third-order valence-corrected chi connectivity index (χ3v) is 5.07. The quantitative estimate of drug-likeness (QED) is 0.356. The number of ether oxygens (including phenoxy) is 1. The lowest BCUT2D eigenvalue weighted by atomic mass is 10.1. The standard InChI is InChI=1S/C18H23ClN6O3/c19-13-4-3-10(18(27)25-5-1-2-12(25)8-26)6-11(13)9-28-14-7-15(20)23-17(24-22)16(14)21/h3-4,6-7,12,26H,1-2,5,8-9,21-22H2,(H3,20,23,24)/t12-/m0/s1. The number of pyridine rings is 1. The smallest absolute Gasteiger partial charge is 0.254 e. The molecule has 1 fully saturated rings. The Morgan fingerprint density at radius 3 is 2.89 bits per heavy atom. The van der Waals surface area contributed by atoms with Crippen LogP contribution >= 0.6 is 11.6 Å². The number of hydrogen-bond donors (Lipinski definition) is 5. The van der Waals surface area contributed by atoms with E-state index in [0.717, 1.165) is 12.8 Å². The largest absolute Gasteiger partial charge is 0.486 e. The van der Waals surface area contributed by atoms with Crippen molar-refractivity contribution in [2.75, 3.05) is 30.0 Å². The molecule has 0 radical (unpaired) electrons. The van der Waals surface area contributed by atoms with E-state index in [1.807, 2.05) is 0 Å². The maximum absolute atomic E-state index is 12.8. The molecular formula is C18H23ClN6O3. The summed E-state index contributed by atoms with van der Waals surface area (Å²) in [6.45, 7) is 0.650. The zero-order chi connectivity index (χ0) is 20.3. The summed E-state index contributed by atoms with van der Waals surface area (Å²) in [5.74, 6) is 5.92. The van der Waals surface area contributed by atoms with Crippen LogP contribution in [-0.4, -0.2) is 40.1 Å². The minimum absolute atomic E-state index is 0.0461. The number of aliphatic hydroxyl groups excluding tert-OH is 1. The number of carbonyl (C=O) groups is 1. The van der Waals surface area contributed by atoms with Gasteiger partial charge in [0.1, 0.15) is 23.9 Å². The van der Waals surface area contributed by atoms with E-state index in [-0.39, 0.29) is 42.5 Å². The van der Waals surface area contributed by atoms with Crippen LogP contribution in [0.25, 0.3) is 0 Å². The molecule has 2 heterocycles. The number of nitrogens with zero attached hydrogens (tertiary/aromatic N) is 2. The Labute approximate surface area is 167 Å². The molecule has 0 bridgehead atoms. The number of rotatable bonds is 6. The van der Waals surface area contributed by atoms with Crippen molar-refractivity contribution in [2.24, 2.45) is 5.84 Å². The topological polar surface area (TPSA) is 153 Å². The van der Waals surface area contributed by atoms with E-state index in [9.17, 15) is 9.90 Å². The summed E-state index contributed by atoms with van der Waals surface area (Å²) in [4.78, 5) is 18.5. The van der Waals surface area contributed by atoms with Gasteiger partial charge in [0, 0.05) is 28.8 Å². The monoisotopic (exact) mass is 406 g/mol. The molecule has 0 spiro atoms. The zero-order valence-electron chi connectivity index (χ0n) is 15.2. The van der Waals surface area contributed by atoms with Gasteiger partial charge >= 0.3 is 0 Å². The van der Waals surface area contributed by atoms with Gasteiger partial charge in [-0.3, -0.25) is 4.79 Å². The Morgan fingerprint density at radius 2 is 2.18 bits per heavy atom. The van der Waals surface area contributed by atoms with E-state index in [2.05, 4.69) is 10.4 Å². The number of aliphatic hydroxyl groups is 1. The van der Waals surface area contributed by atoms with Crippen molar-refractivity contribution in [2.45, 2.75) is 25.5 Å². The fourth-order valence-electron chi connectivity index (χ4n) is 3.21. The molecule has 9 nitrogen and oxygen atoms in total. The molecule has 150 valence electrons. The van der Waals surface area contributed by atoms with Crippen molar-refractivity contribution in [3.8, 4) is 5.75 Å². The molecule has 28 heavy (non-hydrogen) atoms. The molecule has 1 saturated heterocycles. The van der Waals surface area contributed by atoms with Gasteiger partial charge in [-0.15, -0.1) is 0 Å². The Bertz CT molecular complexity index is 879. The van der Waals surface area contributed by atoms with Crippen LogP contribution in [-0.2, 0) is 6.61 Å². The Hall–Kier alpha value is -2.75. The highest BCUT2D eigenvalue weighted by molar-refractivity contribution is 6.31. The van der Waals surface area contributed by atoms with Gasteiger partial charge in [-0.2, -0.15) is 0 Å². The van der Waals surface area contributed by atoms with Crippen molar-refractivity contribution in [3.05, 3.63) is 40.4 Å². The van der Waals surface area contributed by atoms with Crippen molar-refractivity contribution < 1.29 is 14.6 Å². The summed E-state index contributed by atoms with van der Waals surface area (Å²) >= 11 is 6.27. The van der Waals surface area contributed by atoms with Crippen LogP contribution in [0.4, 0.5) is 17.3 Å². The van der Waals surface area contributed by atoms with Gasteiger partial charge in [0.2, 0.25) is 0 Å². The first-order valence-corrected chi connectivity index (χ1v) is 9.18. The Kier molecular flexibility index (Phi) is 6.08. The number of likely N-dealkylation sites (tertiary alicyclic amines) is 1. The third-order valence-electron chi connectivity index (χ3n) is 4.70. The number of anilines is 3. The fraction of sp³-hybridized carbons (Fsp3) is 0.333. The van der Waals surface area contributed by atoms with Crippen molar-refractivity contribution >= 4 is 34.8 Å². The fourth-order valence-corrected chi connectivity index (χ4v) is 3.38. The lowest BCUT2D eigenvalue weighted by Crippen LogP contribution is -2.37. The lowest BCUT2D eigenvalue weighted by Gasteiger charge is -2.23. The number of hydrogen-bond acceptors (Lipinski definition) is 8. The molecule has 10 heteroatoms. The van der Waals surface area contributed by atoms with Gasteiger partial charge in [-0.25, -0.2) is 10.8 Å². The molecule has 1 aliphatic heterocycles. The number of hydrazine groups is 1. The molecule has 0 aliphatic carbocycles. The van der Waals surface area contributed by atoms with Gasteiger partial charge < -0.3 is 31.6 Å². The van der Waals surface area contributed by atoms with E-state index >= 15 is 0 Å². The summed E-state index contributed by atoms with van der Waals surface area (Å²) in [7, 11) is 0. The molecule has 1 aromatic heterocycles. The van der Waals surface area contributed by atoms with Gasteiger partial charge in [-0.1, -0.05) is 11.6 Å². The Balaban J connectivity index is 1.79. The molecule has 0 unspecified atom stereocenters. The summed E-state index contributed by atoms with van der Waals surface area (Å²) < 4.78 is 5.74. The second-order valence-corrected chi connectivity index (χ2v) is 6.93. The average molecular weight is 407 g/mol. The summed E-state index contributed by atoms with van der Waals surface area (Å²) in [6.07, 6.45) is 1.67. The second kappa shape index (κ2) is 8.51. The minimum atomic E-state index is -0.148. The Morgan fingerprint density at radius 1 is 1.39 bits per heavy atom. The van der Waals surface area contributed by atoms with E-state index in [1.54, 1.807) is 23.1 Å². The maximum atomic E-state index is 12.8. The predicted octanol–water partition coefficient (Wildman–Crippen LogP) is 1.36. The molecule has 1 aliphatic rings. The number of aromatic nitrogens is 1. The first-order valence-electron chi connectivity index (χ1n) is 8.80. The summed E-state index contributed by atoms with van der Waals surface area (Å²) in [6, 6.07) is 6.32. The molecule has 0 saturated carbocycles. The number of halogens is 1.